The van der Waals surface area contributed by atoms with Crippen LogP contribution < -0.4 is 0 Å². The fourth-order valence-electron chi connectivity index (χ4n) is 2.39. The third kappa shape index (κ3) is 3.91. The first-order chi connectivity index (χ1) is 11.9. The van der Waals surface area contributed by atoms with Crippen LogP contribution in [-0.2, 0) is 24.4 Å². The van der Waals surface area contributed by atoms with Crippen LogP contribution in [0.3, 0.4) is 0 Å². The van der Waals surface area contributed by atoms with Gasteiger partial charge in [0.05, 0.1) is 5.02 Å². The summed E-state index contributed by atoms with van der Waals surface area (Å²) in [6.45, 7) is 0. The highest BCUT2D eigenvalue weighted by Crippen LogP contribution is 2.46. The van der Waals surface area contributed by atoms with Crippen LogP contribution in [0.15, 0.2) is 12.1 Å². The molecule has 0 fully saturated rings. The number of hydrogen-bond donors (Lipinski definition) is 1. The lowest BCUT2D eigenvalue weighted by atomic mass is 10.0. The van der Waals surface area contributed by atoms with Crippen LogP contribution in [0.2, 0.25) is 15.2 Å². The standard InChI is InChI=1S/C15H9Cl4F4NO2/c1-24-12(15(21,22)23)11(18)10(13(24)19)6-2-5(3-8(17)14(25)26)7(16)4-9(6)20/h2,4,8H,3H2,1H3,(H,25,26). The molecular formula is C15H9Cl4F4NO2. The number of hydrogen-bond acceptors (Lipinski definition) is 1. The molecule has 2 aromatic rings. The van der Waals surface area contributed by atoms with Gasteiger partial charge in [0.15, 0.2) is 0 Å². The van der Waals surface area contributed by atoms with Gasteiger partial charge in [0, 0.05) is 29.6 Å². The molecule has 0 saturated carbocycles. The predicted octanol–water partition coefficient (Wildman–Crippen LogP) is 6.04. The molecule has 1 aromatic carbocycles. The van der Waals surface area contributed by atoms with E-state index in [0.717, 1.165) is 19.2 Å². The molecule has 1 heterocycles. The van der Waals surface area contributed by atoms with Gasteiger partial charge in [0.2, 0.25) is 0 Å². The van der Waals surface area contributed by atoms with Crippen molar-refractivity contribution in [3.63, 3.8) is 0 Å². The number of alkyl halides is 4. The Kier molecular flexibility index (Phi) is 6.07. The number of carboxylic acids is 1. The molecular weight excluding hydrogens is 444 g/mol. The first kappa shape index (κ1) is 21.2. The maximum Gasteiger partial charge on any atom is 0.432 e. The second kappa shape index (κ2) is 7.46. The molecule has 0 aliphatic heterocycles. The molecule has 0 amide bonds. The van der Waals surface area contributed by atoms with Crippen LogP contribution in [0.5, 0.6) is 0 Å². The minimum absolute atomic E-state index is 0.120. The molecule has 1 N–H and O–H groups in total. The molecule has 0 aliphatic carbocycles. The van der Waals surface area contributed by atoms with Crippen LogP contribution >= 0.6 is 46.4 Å². The number of rotatable bonds is 4. The largest absolute Gasteiger partial charge is 0.480 e. The molecule has 0 spiro atoms. The third-order valence-electron chi connectivity index (χ3n) is 3.60. The lowest BCUT2D eigenvalue weighted by Gasteiger charge is -2.11. The SMILES string of the molecule is Cn1c(Cl)c(-c2cc(CC(Cl)C(=O)O)c(Cl)cc2F)c(Cl)c1C(F)(F)F. The van der Waals surface area contributed by atoms with Gasteiger partial charge in [0.1, 0.15) is 22.0 Å². The number of aliphatic carboxylic acids is 1. The Hall–Kier alpha value is -1.15. The minimum Gasteiger partial charge on any atom is -0.480 e. The van der Waals surface area contributed by atoms with E-state index in [1.165, 1.54) is 0 Å². The van der Waals surface area contributed by atoms with E-state index < -0.39 is 39.2 Å². The van der Waals surface area contributed by atoms with Crippen molar-refractivity contribution in [3.05, 3.63) is 44.4 Å². The van der Waals surface area contributed by atoms with Gasteiger partial charge in [-0.3, -0.25) is 4.79 Å². The van der Waals surface area contributed by atoms with Crippen molar-refractivity contribution in [2.75, 3.05) is 0 Å². The lowest BCUT2D eigenvalue weighted by molar-refractivity contribution is -0.143. The number of benzene rings is 1. The van der Waals surface area contributed by atoms with Crippen LogP contribution in [-0.4, -0.2) is 21.0 Å². The lowest BCUT2D eigenvalue weighted by Crippen LogP contribution is -2.16. The van der Waals surface area contributed by atoms with E-state index in [0.29, 0.717) is 4.57 Å². The van der Waals surface area contributed by atoms with E-state index in [4.69, 9.17) is 51.5 Å². The Labute approximate surface area is 165 Å². The van der Waals surface area contributed by atoms with Crippen molar-refractivity contribution in [2.45, 2.75) is 18.0 Å². The molecule has 0 aliphatic rings. The van der Waals surface area contributed by atoms with E-state index in [2.05, 4.69) is 0 Å². The van der Waals surface area contributed by atoms with E-state index in [-0.39, 0.29) is 28.1 Å². The van der Waals surface area contributed by atoms with Crippen molar-refractivity contribution in [1.82, 2.24) is 4.57 Å². The molecule has 2 rings (SSSR count). The summed E-state index contributed by atoms with van der Waals surface area (Å²) in [5.74, 6) is -2.30. The van der Waals surface area contributed by atoms with Gasteiger partial charge < -0.3 is 9.67 Å². The summed E-state index contributed by atoms with van der Waals surface area (Å²) in [5.41, 5.74) is -1.84. The number of carboxylic acid groups (broad SMARTS) is 1. The Morgan fingerprint density at radius 3 is 2.31 bits per heavy atom. The van der Waals surface area contributed by atoms with Gasteiger partial charge >= 0.3 is 12.1 Å². The normalized spacial score (nSPS) is 13.1. The van der Waals surface area contributed by atoms with Gasteiger partial charge in [-0.1, -0.05) is 34.8 Å². The van der Waals surface area contributed by atoms with Gasteiger partial charge in [-0.05, 0) is 17.7 Å². The molecule has 3 nitrogen and oxygen atoms in total. The number of aromatic nitrogens is 1. The smallest absolute Gasteiger partial charge is 0.432 e. The van der Waals surface area contributed by atoms with Crippen LogP contribution in [0.4, 0.5) is 17.6 Å². The van der Waals surface area contributed by atoms with Gasteiger partial charge in [-0.25, -0.2) is 4.39 Å². The number of halogens is 8. The zero-order valence-electron chi connectivity index (χ0n) is 12.8. The fraction of sp³-hybridized carbons (Fsp3) is 0.267. The van der Waals surface area contributed by atoms with E-state index in [9.17, 15) is 22.4 Å². The summed E-state index contributed by atoms with van der Waals surface area (Å²) >= 11 is 23.3. The average molecular weight is 453 g/mol. The highest BCUT2D eigenvalue weighted by molar-refractivity contribution is 6.40. The Balaban J connectivity index is 2.68. The molecule has 11 heteroatoms. The summed E-state index contributed by atoms with van der Waals surface area (Å²) in [4.78, 5) is 10.9. The number of carbonyl (C=O) groups is 1. The molecule has 26 heavy (non-hydrogen) atoms. The molecule has 0 saturated heterocycles. The summed E-state index contributed by atoms with van der Waals surface area (Å²) in [7, 11) is 1.04. The summed E-state index contributed by atoms with van der Waals surface area (Å²) in [6.07, 6.45) is -5.10. The molecule has 1 unspecified atom stereocenters. The van der Waals surface area contributed by atoms with Crippen molar-refractivity contribution >= 4 is 52.4 Å². The van der Waals surface area contributed by atoms with E-state index in [1.807, 2.05) is 0 Å². The maximum atomic E-state index is 14.4. The summed E-state index contributed by atoms with van der Waals surface area (Å²) < 4.78 is 54.4. The van der Waals surface area contributed by atoms with Crippen LogP contribution in [0.25, 0.3) is 11.1 Å². The Bertz CT molecular complexity index is 880. The first-order valence-electron chi connectivity index (χ1n) is 6.82. The van der Waals surface area contributed by atoms with Gasteiger partial charge in [-0.2, -0.15) is 13.2 Å². The van der Waals surface area contributed by atoms with Crippen LogP contribution in [0, 0.1) is 5.82 Å². The first-order valence-corrected chi connectivity index (χ1v) is 8.39. The van der Waals surface area contributed by atoms with Crippen molar-refractivity contribution < 1.29 is 27.5 Å². The van der Waals surface area contributed by atoms with Crippen LogP contribution in [0.1, 0.15) is 11.3 Å². The summed E-state index contributed by atoms with van der Waals surface area (Å²) in [5, 5.41) is 6.17. The van der Waals surface area contributed by atoms with Crippen molar-refractivity contribution in [2.24, 2.45) is 7.05 Å². The van der Waals surface area contributed by atoms with E-state index >= 15 is 0 Å². The zero-order valence-corrected chi connectivity index (χ0v) is 15.8. The maximum absolute atomic E-state index is 14.4. The Morgan fingerprint density at radius 1 is 1.27 bits per heavy atom. The quantitative estimate of drug-likeness (QED) is 0.453. The minimum atomic E-state index is -4.82. The summed E-state index contributed by atoms with van der Waals surface area (Å²) in [6, 6.07) is 1.92. The third-order valence-corrected chi connectivity index (χ3v) is 5.11. The molecule has 0 radical (unpaired) electrons. The Morgan fingerprint density at radius 2 is 1.85 bits per heavy atom. The second-order valence-corrected chi connectivity index (χ2v) is 6.99. The molecule has 1 aromatic heterocycles. The topological polar surface area (TPSA) is 42.2 Å². The number of nitrogens with zero attached hydrogens (tertiary/aromatic N) is 1. The molecule has 0 bridgehead atoms. The van der Waals surface area contributed by atoms with E-state index in [1.54, 1.807) is 0 Å². The predicted molar refractivity (Wildman–Crippen MR) is 91.8 cm³/mol. The highest BCUT2D eigenvalue weighted by atomic mass is 35.5. The second-order valence-electron chi connectivity index (χ2n) is 5.32. The van der Waals surface area contributed by atoms with Crippen molar-refractivity contribution in [3.8, 4) is 11.1 Å². The van der Waals surface area contributed by atoms with Gasteiger partial charge in [-0.15, -0.1) is 11.6 Å². The monoisotopic (exact) mass is 451 g/mol. The fourth-order valence-corrected chi connectivity index (χ4v) is 3.54. The highest BCUT2D eigenvalue weighted by Gasteiger charge is 2.40. The zero-order chi connectivity index (χ0) is 20.0. The average Bonchev–Trinajstić information content (AvgIpc) is 2.71. The molecule has 142 valence electrons. The van der Waals surface area contributed by atoms with Crippen molar-refractivity contribution in [1.29, 1.82) is 0 Å². The molecule has 1 atom stereocenters. The van der Waals surface area contributed by atoms with Gasteiger partial charge in [0.25, 0.3) is 0 Å².